The van der Waals surface area contributed by atoms with Crippen LogP contribution in [0, 0.1) is 6.92 Å². The van der Waals surface area contributed by atoms with Crippen molar-refractivity contribution in [2.45, 2.75) is 38.2 Å². The van der Waals surface area contributed by atoms with Crippen LogP contribution in [0.1, 0.15) is 36.3 Å². The third-order valence-electron chi connectivity index (χ3n) is 3.54. The molecule has 0 amide bonds. The van der Waals surface area contributed by atoms with Gasteiger partial charge in [0, 0.05) is 13.2 Å². The fraction of sp³-hybridized carbons (Fsp3) is 0.600. The molecule has 1 heterocycles. The summed E-state index contributed by atoms with van der Waals surface area (Å²) < 4.78 is 5.75. The van der Waals surface area contributed by atoms with Gasteiger partial charge < -0.3 is 10.1 Å². The molecular formula is C15H23NO. The molecule has 0 bridgehead atoms. The maximum absolute atomic E-state index is 5.75. The molecule has 2 atom stereocenters. The van der Waals surface area contributed by atoms with Crippen LogP contribution < -0.4 is 5.32 Å². The van der Waals surface area contributed by atoms with E-state index in [0.29, 0.717) is 12.0 Å². The number of hydrogen-bond acceptors (Lipinski definition) is 2. The van der Waals surface area contributed by atoms with E-state index in [1.165, 1.54) is 24.0 Å². The van der Waals surface area contributed by atoms with Crippen molar-refractivity contribution in [2.75, 3.05) is 20.2 Å². The predicted molar refractivity (Wildman–Crippen MR) is 71.4 cm³/mol. The van der Waals surface area contributed by atoms with E-state index >= 15 is 0 Å². The van der Waals surface area contributed by atoms with Gasteiger partial charge in [-0.25, -0.2) is 0 Å². The molecule has 94 valence electrons. The van der Waals surface area contributed by atoms with Crippen LogP contribution in [0.5, 0.6) is 0 Å². The van der Waals surface area contributed by atoms with Gasteiger partial charge in [0.25, 0.3) is 0 Å². The standard InChI is InChI=1S/C15H23NO/c1-12-5-3-6-13(9-12)14(11-16-2)10-15-7-4-8-17-15/h3,5-6,9,14-16H,4,7-8,10-11H2,1-2H3. The molecule has 2 nitrogen and oxygen atoms in total. The number of ether oxygens (including phenoxy) is 1. The average Bonchev–Trinajstić information content (AvgIpc) is 2.81. The van der Waals surface area contributed by atoms with Crippen molar-refractivity contribution in [2.24, 2.45) is 0 Å². The van der Waals surface area contributed by atoms with Gasteiger partial charge in [-0.3, -0.25) is 0 Å². The molecule has 0 radical (unpaired) electrons. The van der Waals surface area contributed by atoms with Crippen molar-refractivity contribution in [3.8, 4) is 0 Å². The van der Waals surface area contributed by atoms with Crippen molar-refractivity contribution in [1.82, 2.24) is 5.32 Å². The Labute approximate surface area is 104 Å². The van der Waals surface area contributed by atoms with Gasteiger partial charge in [-0.1, -0.05) is 29.8 Å². The Bertz CT molecular complexity index is 345. The Morgan fingerprint density at radius 2 is 2.35 bits per heavy atom. The summed E-state index contributed by atoms with van der Waals surface area (Å²) >= 11 is 0. The number of likely N-dealkylation sites (N-methyl/N-ethyl adjacent to an activating group) is 1. The molecule has 1 aromatic rings. The number of hydrogen-bond donors (Lipinski definition) is 1. The SMILES string of the molecule is CNCC(CC1CCCO1)c1cccc(C)c1. The second kappa shape index (κ2) is 6.18. The quantitative estimate of drug-likeness (QED) is 0.844. The van der Waals surface area contributed by atoms with Gasteiger partial charge in [0.1, 0.15) is 0 Å². The molecule has 2 heteroatoms. The maximum atomic E-state index is 5.75. The van der Waals surface area contributed by atoms with Gasteiger partial charge in [0.2, 0.25) is 0 Å². The van der Waals surface area contributed by atoms with Gasteiger partial charge in [-0.15, -0.1) is 0 Å². The molecule has 2 rings (SSSR count). The Morgan fingerprint density at radius 3 is 3.00 bits per heavy atom. The lowest BCUT2D eigenvalue weighted by Crippen LogP contribution is -2.21. The molecular weight excluding hydrogens is 210 g/mol. The zero-order valence-electron chi connectivity index (χ0n) is 10.9. The largest absolute Gasteiger partial charge is 0.378 e. The lowest BCUT2D eigenvalue weighted by Gasteiger charge is -2.21. The molecule has 0 aliphatic carbocycles. The van der Waals surface area contributed by atoms with Crippen molar-refractivity contribution in [3.63, 3.8) is 0 Å². The third-order valence-corrected chi connectivity index (χ3v) is 3.54. The molecule has 2 unspecified atom stereocenters. The number of aryl methyl sites for hydroxylation is 1. The van der Waals surface area contributed by atoms with Crippen molar-refractivity contribution in [3.05, 3.63) is 35.4 Å². The van der Waals surface area contributed by atoms with Crippen LogP contribution in [0.15, 0.2) is 24.3 Å². The highest BCUT2D eigenvalue weighted by Crippen LogP contribution is 2.27. The van der Waals surface area contributed by atoms with Crippen molar-refractivity contribution < 1.29 is 4.74 Å². The Balaban J connectivity index is 2.04. The highest BCUT2D eigenvalue weighted by Gasteiger charge is 2.21. The summed E-state index contributed by atoms with van der Waals surface area (Å²) in [5, 5.41) is 3.30. The maximum Gasteiger partial charge on any atom is 0.0582 e. The zero-order valence-corrected chi connectivity index (χ0v) is 10.9. The van der Waals surface area contributed by atoms with Crippen LogP contribution >= 0.6 is 0 Å². The first-order valence-corrected chi connectivity index (χ1v) is 6.62. The highest BCUT2D eigenvalue weighted by molar-refractivity contribution is 5.26. The first-order chi connectivity index (χ1) is 8.29. The van der Waals surface area contributed by atoms with Crippen molar-refractivity contribution >= 4 is 0 Å². The van der Waals surface area contributed by atoms with Crippen LogP contribution in [0.4, 0.5) is 0 Å². The molecule has 0 aromatic heterocycles. The van der Waals surface area contributed by atoms with Crippen LogP contribution in [-0.2, 0) is 4.74 Å². The minimum absolute atomic E-state index is 0.467. The molecule has 0 saturated carbocycles. The number of benzene rings is 1. The van der Waals surface area contributed by atoms with E-state index in [-0.39, 0.29) is 0 Å². The van der Waals surface area contributed by atoms with Crippen LogP contribution in [0.3, 0.4) is 0 Å². The predicted octanol–water partition coefficient (Wildman–Crippen LogP) is 2.87. The first-order valence-electron chi connectivity index (χ1n) is 6.62. The smallest absolute Gasteiger partial charge is 0.0582 e. The molecule has 1 aromatic carbocycles. The molecule has 1 fully saturated rings. The van der Waals surface area contributed by atoms with Gasteiger partial charge >= 0.3 is 0 Å². The molecule has 1 aliphatic rings. The summed E-state index contributed by atoms with van der Waals surface area (Å²) in [7, 11) is 2.03. The third kappa shape index (κ3) is 3.55. The van der Waals surface area contributed by atoms with Crippen molar-refractivity contribution in [1.29, 1.82) is 0 Å². The van der Waals surface area contributed by atoms with Crippen LogP contribution in [0.2, 0.25) is 0 Å². The average molecular weight is 233 g/mol. The molecule has 17 heavy (non-hydrogen) atoms. The molecule has 1 saturated heterocycles. The Kier molecular flexibility index (Phi) is 4.57. The van der Waals surface area contributed by atoms with E-state index in [9.17, 15) is 0 Å². The van der Waals surface area contributed by atoms with E-state index in [2.05, 4.69) is 36.5 Å². The normalized spacial score (nSPS) is 21.6. The summed E-state index contributed by atoms with van der Waals surface area (Å²) in [6.45, 7) is 4.14. The Hall–Kier alpha value is -0.860. The molecule has 1 aliphatic heterocycles. The number of nitrogens with one attached hydrogen (secondary N) is 1. The summed E-state index contributed by atoms with van der Waals surface area (Å²) in [6, 6.07) is 8.86. The second-order valence-electron chi connectivity index (χ2n) is 5.04. The van der Waals surface area contributed by atoms with Crippen LogP contribution in [0.25, 0.3) is 0 Å². The van der Waals surface area contributed by atoms with E-state index in [4.69, 9.17) is 4.74 Å². The Morgan fingerprint density at radius 1 is 1.47 bits per heavy atom. The zero-order chi connectivity index (χ0) is 12.1. The summed E-state index contributed by atoms with van der Waals surface area (Å²) in [4.78, 5) is 0. The summed E-state index contributed by atoms with van der Waals surface area (Å²) in [6.07, 6.45) is 4.06. The fourth-order valence-electron chi connectivity index (χ4n) is 2.66. The summed E-state index contributed by atoms with van der Waals surface area (Å²) in [5.74, 6) is 0.572. The van der Waals surface area contributed by atoms with E-state index in [1.54, 1.807) is 0 Å². The summed E-state index contributed by atoms with van der Waals surface area (Å²) in [5.41, 5.74) is 2.78. The van der Waals surface area contributed by atoms with Gasteiger partial charge in [-0.2, -0.15) is 0 Å². The van der Waals surface area contributed by atoms with Gasteiger partial charge in [0.15, 0.2) is 0 Å². The van der Waals surface area contributed by atoms with Gasteiger partial charge in [0.05, 0.1) is 6.10 Å². The monoisotopic (exact) mass is 233 g/mol. The second-order valence-corrected chi connectivity index (χ2v) is 5.04. The lowest BCUT2D eigenvalue weighted by atomic mass is 9.91. The van der Waals surface area contributed by atoms with Gasteiger partial charge in [-0.05, 0) is 44.7 Å². The highest BCUT2D eigenvalue weighted by atomic mass is 16.5. The first kappa shape index (κ1) is 12.6. The van der Waals surface area contributed by atoms with E-state index in [1.807, 2.05) is 7.05 Å². The molecule has 0 spiro atoms. The molecule has 1 N–H and O–H groups in total. The number of rotatable bonds is 5. The minimum Gasteiger partial charge on any atom is -0.378 e. The minimum atomic E-state index is 0.467. The van der Waals surface area contributed by atoms with E-state index in [0.717, 1.165) is 19.6 Å². The fourth-order valence-corrected chi connectivity index (χ4v) is 2.66. The van der Waals surface area contributed by atoms with Crippen LogP contribution in [-0.4, -0.2) is 26.3 Å². The lowest BCUT2D eigenvalue weighted by molar-refractivity contribution is 0.0978. The van der Waals surface area contributed by atoms with E-state index < -0.39 is 0 Å². The topological polar surface area (TPSA) is 21.3 Å².